The van der Waals surface area contributed by atoms with E-state index < -0.39 is 0 Å². The van der Waals surface area contributed by atoms with Crippen LogP contribution in [0.1, 0.15) is 27.7 Å². The van der Waals surface area contributed by atoms with Gasteiger partial charge in [-0.1, -0.05) is 27.7 Å². The summed E-state index contributed by atoms with van der Waals surface area (Å²) in [6.07, 6.45) is 0. The van der Waals surface area contributed by atoms with Gasteiger partial charge in [0.1, 0.15) is 0 Å². The Hall–Kier alpha value is -0.0800. The molecule has 0 unspecified atom stereocenters. The van der Waals surface area contributed by atoms with Crippen molar-refractivity contribution < 1.29 is 4.79 Å². The van der Waals surface area contributed by atoms with Crippen LogP contribution in [0.2, 0.25) is 0 Å². The summed E-state index contributed by atoms with van der Waals surface area (Å²) in [5.74, 6) is 0.222. The highest BCUT2D eigenvalue weighted by atomic mass is 35.5. The van der Waals surface area contributed by atoms with Crippen LogP contribution < -0.4 is 5.32 Å². The number of halogens is 1. The normalized spacial score (nSPS) is 9.10. The summed E-state index contributed by atoms with van der Waals surface area (Å²) in [5, 5.41) is 3.31. The van der Waals surface area contributed by atoms with Crippen LogP contribution in [0.15, 0.2) is 0 Å². The molecule has 0 fully saturated rings. The number of nitrogens with one attached hydrogen (secondary N) is 1. The zero-order valence-electron chi connectivity index (χ0n) is 7.02. The molecule has 0 bridgehead atoms. The molecule has 0 aliphatic rings. The molecule has 0 rings (SSSR count). The van der Waals surface area contributed by atoms with Gasteiger partial charge < -0.3 is 5.32 Å². The quantitative estimate of drug-likeness (QED) is 0.500. The average molecular weight is 166 g/mol. The second kappa shape index (κ2) is 8.92. The molecule has 0 aliphatic heterocycles. The van der Waals surface area contributed by atoms with E-state index in [1.807, 2.05) is 0 Å². The van der Waals surface area contributed by atoms with Gasteiger partial charge >= 0.3 is 0 Å². The van der Waals surface area contributed by atoms with E-state index in [-0.39, 0.29) is 5.75 Å². The predicted octanol–water partition coefficient (Wildman–Crippen LogP) is 1.81. The van der Waals surface area contributed by atoms with Crippen LogP contribution in [0.3, 0.4) is 0 Å². The third kappa shape index (κ3) is 24.7. The molecule has 3 heteroatoms. The lowest BCUT2D eigenvalue weighted by Crippen LogP contribution is -2.29. The Morgan fingerprint density at radius 1 is 1.20 bits per heavy atom. The van der Waals surface area contributed by atoms with Crippen LogP contribution in [0.25, 0.3) is 0 Å². The van der Waals surface area contributed by atoms with Gasteiger partial charge in [-0.05, 0) is 11.6 Å². The second-order valence-electron chi connectivity index (χ2n) is 2.57. The number of carbonyl (C=O) groups excluding carboxylic acids is 1. The maximum absolute atomic E-state index is 8.57. The minimum atomic E-state index is 0.222. The van der Waals surface area contributed by atoms with Gasteiger partial charge in [-0.15, -0.1) is 0 Å². The van der Waals surface area contributed by atoms with Crippen molar-refractivity contribution in [2.24, 2.45) is 0 Å². The van der Waals surface area contributed by atoms with E-state index in [1.54, 1.807) is 0 Å². The van der Waals surface area contributed by atoms with Gasteiger partial charge in [-0.25, -0.2) is 0 Å². The van der Waals surface area contributed by atoms with E-state index in [1.165, 1.54) is 0 Å². The second-order valence-corrected chi connectivity index (χ2v) is 2.74. The summed E-state index contributed by atoms with van der Waals surface area (Å²) in [6, 6.07) is 1.25. The summed E-state index contributed by atoms with van der Waals surface area (Å²) in [6.45, 7) is 8.61. The van der Waals surface area contributed by atoms with Gasteiger partial charge in [0.05, 0.1) is 0 Å². The SMILES string of the molecule is CC(C)NC(C)C.O=CCl. The minimum absolute atomic E-state index is 0.222. The van der Waals surface area contributed by atoms with Gasteiger partial charge in [0, 0.05) is 12.1 Å². The molecule has 2 nitrogen and oxygen atoms in total. The van der Waals surface area contributed by atoms with Crippen molar-refractivity contribution in [3.8, 4) is 0 Å². The summed E-state index contributed by atoms with van der Waals surface area (Å²) in [5.41, 5.74) is 0. The first-order valence-corrected chi connectivity index (χ1v) is 3.78. The summed E-state index contributed by atoms with van der Waals surface area (Å²) in [4.78, 5) is 8.57. The fourth-order valence-electron chi connectivity index (χ4n) is 0.667. The molecule has 0 saturated carbocycles. The van der Waals surface area contributed by atoms with E-state index in [9.17, 15) is 0 Å². The van der Waals surface area contributed by atoms with Crippen LogP contribution >= 0.6 is 11.6 Å². The summed E-state index contributed by atoms with van der Waals surface area (Å²) >= 11 is 4.32. The molecular weight excluding hydrogens is 150 g/mol. The van der Waals surface area contributed by atoms with Crippen molar-refractivity contribution in [3.63, 3.8) is 0 Å². The fourth-order valence-corrected chi connectivity index (χ4v) is 0.667. The first-order chi connectivity index (χ1) is 4.54. The van der Waals surface area contributed by atoms with Crippen molar-refractivity contribution in [3.05, 3.63) is 0 Å². The molecule has 0 saturated heterocycles. The molecule has 0 aliphatic carbocycles. The zero-order chi connectivity index (χ0) is 8.57. The molecule has 10 heavy (non-hydrogen) atoms. The van der Waals surface area contributed by atoms with Gasteiger partial charge in [-0.3, -0.25) is 4.79 Å². The lowest BCUT2D eigenvalue weighted by Gasteiger charge is -2.10. The zero-order valence-corrected chi connectivity index (χ0v) is 7.77. The number of carbonyl (C=O) groups is 1. The van der Waals surface area contributed by atoms with Gasteiger partial charge in [0.25, 0.3) is 0 Å². The van der Waals surface area contributed by atoms with Gasteiger partial charge in [-0.2, -0.15) is 0 Å². The Morgan fingerprint density at radius 2 is 1.40 bits per heavy atom. The Balaban J connectivity index is 0. The van der Waals surface area contributed by atoms with Crippen molar-refractivity contribution in [1.29, 1.82) is 0 Å². The van der Waals surface area contributed by atoms with Crippen molar-refractivity contribution in [2.45, 2.75) is 39.8 Å². The number of rotatable bonds is 2. The fraction of sp³-hybridized carbons (Fsp3) is 0.857. The van der Waals surface area contributed by atoms with Gasteiger partial charge in [0.2, 0.25) is 5.75 Å². The third-order valence-electron chi connectivity index (χ3n) is 0.667. The molecule has 0 heterocycles. The highest BCUT2D eigenvalue weighted by Crippen LogP contribution is 1.80. The summed E-state index contributed by atoms with van der Waals surface area (Å²) in [7, 11) is 0. The predicted molar refractivity (Wildman–Crippen MR) is 46.0 cm³/mol. The van der Waals surface area contributed by atoms with E-state index in [4.69, 9.17) is 4.79 Å². The van der Waals surface area contributed by atoms with Crippen LogP contribution in [0.5, 0.6) is 0 Å². The lowest BCUT2D eigenvalue weighted by atomic mass is 10.3. The number of hydrogen-bond donors (Lipinski definition) is 1. The standard InChI is InChI=1S/C6H15N.CHClO/c1-5(2)7-6(3)4;2-1-3/h5-7H,1-4H3;1H. The molecule has 1 N–H and O–H groups in total. The smallest absolute Gasteiger partial charge is 0.208 e. The van der Waals surface area contributed by atoms with Crippen LogP contribution in [0.4, 0.5) is 0 Å². The molecule has 0 aromatic rings. The van der Waals surface area contributed by atoms with E-state index >= 15 is 0 Å². The highest BCUT2D eigenvalue weighted by Gasteiger charge is 1.92. The largest absolute Gasteiger partial charge is 0.312 e. The molecule has 0 spiro atoms. The lowest BCUT2D eigenvalue weighted by molar-refractivity contribution is 0.518. The van der Waals surface area contributed by atoms with Gasteiger partial charge in [0.15, 0.2) is 0 Å². The maximum Gasteiger partial charge on any atom is 0.208 e. The molecule has 62 valence electrons. The molecule has 0 aromatic carbocycles. The van der Waals surface area contributed by atoms with Crippen molar-refractivity contribution in [2.75, 3.05) is 0 Å². The highest BCUT2D eigenvalue weighted by molar-refractivity contribution is 6.54. The average Bonchev–Trinajstić information content (AvgIpc) is 1.62. The van der Waals surface area contributed by atoms with E-state index in [0.29, 0.717) is 12.1 Å². The van der Waals surface area contributed by atoms with E-state index in [2.05, 4.69) is 44.6 Å². The first kappa shape index (κ1) is 12.6. The summed E-state index contributed by atoms with van der Waals surface area (Å²) < 4.78 is 0. The van der Waals surface area contributed by atoms with Crippen LogP contribution in [-0.2, 0) is 4.79 Å². The Bertz CT molecular complexity index is 68.0. The molecule has 0 radical (unpaired) electrons. The molecule has 0 atom stereocenters. The first-order valence-electron chi connectivity index (χ1n) is 3.34. The van der Waals surface area contributed by atoms with Crippen molar-refractivity contribution >= 4 is 17.3 Å². The monoisotopic (exact) mass is 165 g/mol. The Kier molecular flexibility index (Phi) is 11.2. The Labute approximate surface area is 67.9 Å². The van der Waals surface area contributed by atoms with E-state index in [0.717, 1.165) is 0 Å². The third-order valence-corrected chi connectivity index (χ3v) is 0.667. The minimum Gasteiger partial charge on any atom is -0.312 e. The maximum atomic E-state index is 8.57. The molecule has 0 aromatic heterocycles. The molecule has 0 amide bonds. The van der Waals surface area contributed by atoms with Crippen LogP contribution in [-0.4, -0.2) is 17.8 Å². The topological polar surface area (TPSA) is 29.1 Å². The van der Waals surface area contributed by atoms with Crippen LogP contribution in [0, 0.1) is 0 Å². The van der Waals surface area contributed by atoms with Crippen molar-refractivity contribution in [1.82, 2.24) is 5.32 Å². The molecular formula is C7H16ClNO. The number of hydrogen-bond acceptors (Lipinski definition) is 2. The Morgan fingerprint density at radius 3 is 1.40 bits per heavy atom.